The van der Waals surface area contributed by atoms with Crippen LogP contribution in [0, 0.1) is 0 Å². The minimum atomic E-state index is -3.41. The van der Waals surface area contributed by atoms with E-state index in [0.717, 1.165) is 6.42 Å². The average molecular weight is 310 g/mol. The van der Waals surface area contributed by atoms with Crippen LogP contribution in [0.3, 0.4) is 0 Å². The van der Waals surface area contributed by atoms with E-state index in [4.69, 9.17) is 11.6 Å². The second kappa shape index (κ2) is 6.29. The number of benzene rings is 2. The van der Waals surface area contributed by atoms with E-state index in [1.807, 2.05) is 12.1 Å². The maximum absolute atomic E-state index is 12.1. The Morgan fingerprint density at radius 3 is 2.05 bits per heavy atom. The molecule has 0 aliphatic carbocycles. The summed E-state index contributed by atoms with van der Waals surface area (Å²) in [7, 11) is -3.41. The summed E-state index contributed by atoms with van der Waals surface area (Å²) in [5.74, 6) is -0.0697. The summed E-state index contributed by atoms with van der Waals surface area (Å²) in [4.78, 5) is 0. The molecule has 0 radical (unpaired) electrons. The van der Waals surface area contributed by atoms with Crippen molar-refractivity contribution in [1.82, 2.24) is 0 Å². The van der Waals surface area contributed by atoms with Gasteiger partial charge in [-0.1, -0.05) is 42.8 Å². The van der Waals surface area contributed by atoms with Crippen molar-refractivity contribution in [3.63, 3.8) is 0 Å². The number of rotatable bonds is 5. The maximum atomic E-state index is 12.1. The molecule has 0 bridgehead atoms. The second-order valence-electron chi connectivity index (χ2n) is 4.54. The van der Waals surface area contributed by atoms with Crippen molar-refractivity contribution in [1.29, 1.82) is 0 Å². The van der Waals surface area contributed by atoms with Crippen molar-refractivity contribution in [2.24, 2.45) is 0 Å². The molecule has 2 rings (SSSR count). The number of sulfonamides is 1. The monoisotopic (exact) mass is 309 g/mol. The van der Waals surface area contributed by atoms with Crippen LogP contribution in [-0.2, 0) is 22.2 Å². The summed E-state index contributed by atoms with van der Waals surface area (Å²) < 4.78 is 26.7. The smallest absolute Gasteiger partial charge is 0.236 e. The van der Waals surface area contributed by atoms with E-state index in [1.165, 1.54) is 5.56 Å². The molecule has 0 atom stereocenters. The van der Waals surface area contributed by atoms with Gasteiger partial charge in [0.05, 0.1) is 5.75 Å². The lowest BCUT2D eigenvalue weighted by molar-refractivity contribution is 0.600. The van der Waals surface area contributed by atoms with Gasteiger partial charge < -0.3 is 0 Å². The zero-order valence-electron chi connectivity index (χ0n) is 11.1. The summed E-state index contributed by atoms with van der Waals surface area (Å²) in [6.45, 7) is 2.06. The van der Waals surface area contributed by atoms with Gasteiger partial charge in [-0.25, -0.2) is 8.42 Å². The van der Waals surface area contributed by atoms with Gasteiger partial charge in [0.2, 0.25) is 10.0 Å². The van der Waals surface area contributed by atoms with Crippen LogP contribution < -0.4 is 4.72 Å². The summed E-state index contributed by atoms with van der Waals surface area (Å²) in [5.41, 5.74) is 2.45. The largest absolute Gasteiger partial charge is 0.283 e. The number of aryl methyl sites for hydroxylation is 1. The molecule has 0 fully saturated rings. The first-order valence-electron chi connectivity index (χ1n) is 6.32. The van der Waals surface area contributed by atoms with Gasteiger partial charge in [0.1, 0.15) is 0 Å². The first-order valence-corrected chi connectivity index (χ1v) is 8.35. The Morgan fingerprint density at radius 2 is 1.50 bits per heavy atom. The third kappa shape index (κ3) is 4.25. The van der Waals surface area contributed by atoms with Crippen LogP contribution in [0.5, 0.6) is 0 Å². The molecule has 0 spiro atoms. The Bertz CT molecular complexity index is 664. The van der Waals surface area contributed by atoms with E-state index in [9.17, 15) is 8.42 Å². The fourth-order valence-corrected chi connectivity index (χ4v) is 3.15. The molecule has 2 aromatic carbocycles. The van der Waals surface area contributed by atoms with Crippen LogP contribution >= 0.6 is 11.6 Å². The molecule has 0 unspecified atom stereocenters. The standard InChI is InChI=1S/C15H16ClNO2S/c1-2-12-5-9-15(10-6-12)17-20(18,19)11-13-3-7-14(16)8-4-13/h3-10,17H,2,11H2,1H3. The van der Waals surface area contributed by atoms with Crippen molar-refractivity contribution >= 4 is 27.3 Å². The molecule has 5 heteroatoms. The lowest BCUT2D eigenvalue weighted by Gasteiger charge is -2.08. The normalized spacial score (nSPS) is 11.3. The molecule has 0 saturated heterocycles. The van der Waals surface area contributed by atoms with Crippen LogP contribution in [0.4, 0.5) is 5.69 Å². The first kappa shape index (κ1) is 14.9. The first-order chi connectivity index (χ1) is 9.48. The van der Waals surface area contributed by atoms with Crippen molar-refractivity contribution in [3.05, 3.63) is 64.7 Å². The van der Waals surface area contributed by atoms with Gasteiger partial charge in [-0.2, -0.15) is 0 Å². The van der Waals surface area contributed by atoms with E-state index in [2.05, 4.69) is 11.6 Å². The van der Waals surface area contributed by atoms with Gasteiger partial charge in [0.25, 0.3) is 0 Å². The van der Waals surface area contributed by atoms with Crippen molar-refractivity contribution in [2.75, 3.05) is 4.72 Å². The number of hydrogen-bond acceptors (Lipinski definition) is 2. The maximum Gasteiger partial charge on any atom is 0.236 e. The second-order valence-corrected chi connectivity index (χ2v) is 6.70. The fraction of sp³-hybridized carbons (Fsp3) is 0.200. The van der Waals surface area contributed by atoms with Gasteiger partial charge in [-0.15, -0.1) is 0 Å². The summed E-state index contributed by atoms with van der Waals surface area (Å²) in [6.07, 6.45) is 0.928. The van der Waals surface area contributed by atoms with Crippen LogP contribution in [0.2, 0.25) is 5.02 Å². The summed E-state index contributed by atoms with van der Waals surface area (Å²) in [5, 5.41) is 0.592. The quantitative estimate of drug-likeness (QED) is 0.912. The Balaban J connectivity index is 2.08. The molecule has 0 amide bonds. The zero-order chi connectivity index (χ0) is 14.6. The predicted molar refractivity (Wildman–Crippen MR) is 83.5 cm³/mol. The van der Waals surface area contributed by atoms with Gasteiger partial charge in [0, 0.05) is 10.7 Å². The van der Waals surface area contributed by atoms with Crippen molar-refractivity contribution in [3.8, 4) is 0 Å². The highest BCUT2D eigenvalue weighted by molar-refractivity contribution is 7.91. The van der Waals surface area contributed by atoms with Crippen LogP contribution in [0.15, 0.2) is 48.5 Å². The van der Waals surface area contributed by atoms with Gasteiger partial charge >= 0.3 is 0 Å². The highest BCUT2D eigenvalue weighted by atomic mass is 35.5. The minimum absolute atomic E-state index is 0.0697. The summed E-state index contributed by atoms with van der Waals surface area (Å²) in [6, 6.07) is 14.2. The molecule has 0 aliphatic heterocycles. The van der Waals surface area contributed by atoms with E-state index in [-0.39, 0.29) is 5.75 Å². The third-order valence-corrected chi connectivity index (χ3v) is 4.42. The molecule has 0 aromatic heterocycles. The Hall–Kier alpha value is -1.52. The number of halogens is 1. The van der Waals surface area contributed by atoms with Crippen LogP contribution in [0.25, 0.3) is 0 Å². The average Bonchev–Trinajstić information content (AvgIpc) is 2.41. The van der Waals surface area contributed by atoms with Crippen molar-refractivity contribution in [2.45, 2.75) is 19.1 Å². The molecule has 106 valence electrons. The molecular weight excluding hydrogens is 294 g/mol. The molecule has 20 heavy (non-hydrogen) atoms. The number of nitrogens with one attached hydrogen (secondary N) is 1. The molecule has 3 nitrogen and oxygen atoms in total. The Labute approximate surface area is 124 Å². The highest BCUT2D eigenvalue weighted by Gasteiger charge is 2.11. The molecular formula is C15H16ClNO2S. The van der Waals surface area contributed by atoms with E-state index in [0.29, 0.717) is 16.3 Å². The molecule has 0 saturated carbocycles. The highest BCUT2D eigenvalue weighted by Crippen LogP contribution is 2.16. The zero-order valence-corrected chi connectivity index (χ0v) is 12.7. The predicted octanol–water partition coefficient (Wildman–Crippen LogP) is 3.84. The molecule has 0 heterocycles. The van der Waals surface area contributed by atoms with Gasteiger partial charge in [-0.05, 0) is 41.8 Å². The third-order valence-electron chi connectivity index (χ3n) is 2.91. The number of anilines is 1. The SMILES string of the molecule is CCc1ccc(NS(=O)(=O)Cc2ccc(Cl)cc2)cc1. The lowest BCUT2D eigenvalue weighted by Crippen LogP contribution is -2.15. The van der Waals surface area contributed by atoms with Crippen LogP contribution in [0.1, 0.15) is 18.1 Å². The summed E-state index contributed by atoms with van der Waals surface area (Å²) >= 11 is 5.78. The van der Waals surface area contributed by atoms with Crippen LogP contribution in [-0.4, -0.2) is 8.42 Å². The van der Waals surface area contributed by atoms with E-state index >= 15 is 0 Å². The minimum Gasteiger partial charge on any atom is -0.283 e. The van der Waals surface area contributed by atoms with Gasteiger partial charge in [0.15, 0.2) is 0 Å². The number of hydrogen-bond donors (Lipinski definition) is 1. The Morgan fingerprint density at radius 1 is 0.950 bits per heavy atom. The van der Waals surface area contributed by atoms with Crippen molar-refractivity contribution < 1.29 is 8.42 Å². The molecule has 2 aromatic rings. The lowest BCUT2D eigenvalue weighted by atomic mass is 10.2. The Kier molecular flexibility index (Phi) is 4.68. The molecule has 1 N–H and O–H groups in total. The van der Waals surface area contributed by atoms with E-state index < -0.39 is 10.0 Å². The van der Waals surface area contributed by atoms with Gasteiger partial charge in [-0.3, -0.25) is 4.72 Å². The topological polar surface area (TPSA) is 46.2 Å². The molecule has 0 aliphatic rings. The fourth-order valence-electron chi connectivity index (χ4n) is 1.82. The van der Waals surface area contributed by atoms with E-state index in [1.54, 1.807) is 36.4 Å².